The second kappa shape index (κ2) is 5.44. The van der Waals surface area contributed by atoms with Crippen LogP contribution in [0.3, 0.4) is 0 Å². The first-order valence-electron chi connectivity index (χ1n) is 3.74. The van der Waals surface area contributed by atoms with Crippen molar-refractivity contribution < 1.29 is 4.74 Å². The number of ether oxygens (including phenoxy) is 1. The molecule has 13 heavy (non-hydrogen) atoms. The molecule has 0 bridgehead atoms. The molecule has 1 aliphatic heterocycles. The number of aromatic amines is 1. The van der Waals surface area contributed by atoms with Crippen LogP contribution in [0, 0.1) is 0 Å². The highest BCUT2D eigenvalue weighted by Crippen LogP contribution is 2.25. The van der Waals surface area contributed by atoms with Crippen LogP contribution in [0.4, 0.5) is 0 Å². The zero-order valence-electron chi connectivity index (χ0n) is 6.97. The molecule has 4 nitrogen and oxygen atoms in total. The van der Waals surface area contributed by atoms with Crippen molar-refractivity contribution in [2.75, 3.05) is 6.61 Å². The van der Waals surface area contributed by atoms with E-state index in [1.165, 1.54) is 0 Å². The maximum Gasteiger partial charge on any atom is 0.114 e. The zero-order valence-corrected chi connectivity index (χ0v) is 8.61. The Morgan fingerprint density at radius 2 is 2.31 bits per heavy atom. The van der Waals surface area contributed by atoms with E-state index in [4.69, 9.17) is 10.5 Å². The Bertz CT molecular complexity index is 230. The summed E-state index contributed by atoms with van der Waals surface area (Å²) in [5.74, 6) is 0. The quantitative estimate of drug-likeness (QED) is 0.752. The predicted molar refractivity (Wildman–Crippen MR) is 54.4 cm³/mol. The van der Waals surface area contributed by atoms with Gasteiger partial charge in [-0.25, -0.2) is 0 Å². The topological polar surface area (TPSA) is 63.9 Å². The molecule has 2 rings (SSSR count). The Balaban J connectivity index is 0.000000720. The minimum absolute atomic E-state index is 0. The molecule has 1 aromatic rings. The molecule has 2 unspecified atom stereocenters. The van der Waals surface area contributed by atoms with Crippen molar-refractivity contribution in [1.82, 2.24) is 10.2 Å². The van der Waals surface area contributed by atoms with Gasteiger partial charge in [0.25, 0.3) is 0 Å². The Morgan fingerprint density at radius 3 is 2.77 bits per heavy atom. The fourth-order valence-corrected chi connectivity index (χ4v) is 1.35. The number of hydrogen-bond donors (Lipinski definition) is 2. The summed E-state index contributed by atoms with van der Waals surface area (Å²) in [6, 6.07) is 2.02. The smallest absolute Gasteiger partial charge is 0.114 e. The van der Waals surface area contributed by atoms with Crippen LogP contribution in [0.15, 0.2) is 12.3 Å². The fourth-order valence-electron chi connectivity index (χ4n) is 1.35. The van der Waals surface area contributed by atoms with Crippen molar-refractivity contribution in [2.45, 2.75) is 18.6 Å². The number of rotatable bonds is 1. The van der Waals surface area contributed by atoms with Crippen molar-refractivity contribution in [3.05, 3.63) is 18.0 Å². The highest BCUT2D eigenvalue weighted by molar-refractivity contribution is 5.85. The molecule has 2 atom stereocenters. The van der Waals surface area contributed by atoms with Crippen molar-refractivity contribution in [1.29, 1.82) is 0 Å². The van der Waals surface area contributed by atoms with Gasteiger partial charge in [0.05, 0.1) is 5.69 Å². The normalized spacial score (nSPS) is 26.2. The average molecular weight is 226 g/mol. The van der Waals surface area contributed by atoms with E-state index in [9.17, 15) is 0 Å². The molecule has 1 aliphatic rings. The van der Waals surface area contributed by atoms with Gasteiger partial charge >= 0.3 is 0 Å². The van der Waals surface area contributed by atoms with Crippen LogP contribution in [0.2, 0.25) is 0 Å². The molecule has 0 aliphatic carbocycles. The Morgan fingerprint density at radius 1 is 1.54 bits per heavy atom. The summed E-state index contributed by atoms with van der Waals surface area (Å²) >= 11 is 0. The standard InChI is InChI=1S/C7H11N3O.2ClH/c8-5-2-4-11-7(5)6-1-3-9-10-6;;/h1,3,5,7H,2,4,8H2,(H,9,10);2*1H. The van der Waals surface area contributed by atoms with Crippen LogP contribution in [0.25, 0.3) is 0 Å². The molecule has 1 aromatic heterocycles. The first-order valence-corrected chi connectivity index (χ1v) is 3.74. The predicted octanol–water partition coefficient (Wildman–Crippen LogP) is 1.04. The monoisotopic (exact) mass is 225 g/mol. The third-order valence-corrected chi connectivity index (χ3v) is 1.97. The Kier molecular flexibility index (Phi) is 5.32. The molecule has 0 amide bonds. The molecule has 1 saturated heterocycles. The summed E-state index contributed by atoms with van der Waals surface area (Å²) in [5, 5.41) is 6.70. The lowest BCUT2D eigenvalue weighted by atomic mass is 10.1. The van der Waals surface area contributed by atoms with Gasteiger partial charge in [0, 0.05) is 18.8 Å². The molecular weight excluding hydrogens is 213 g/mol. The minimum Gasteiger partial charge on any atom is -0.370 e. The molecular formula is C7H13Cl2N3O. The van der Waals surface area contributed by atoms with Crippen molar-refractivity contribution in [2.24, 2.45) is 5.73 Å². The van der Waals surface area contributed by atoms with Gasteiger partial charge in [-0.2, -0.15) is 5.10 Å². The van der Waals surface area contributed by atoms with E-state index >= 15 is 0 Å². The Labute approximate surface area is 89.0 Å². The van der Waals surface area contributed by atoms with Gasteiger partial charge in [-0.3, -0.25) is 5.10 Å². The summed E-state index contributed by atoms with van der Waals surface area (Å²) in [7, 11) is 0. The lowest BCUT2D eigenvalue weighted by molar-refractivity contribution is 0.101. The Hall–Kier alpha value is -0.290. The molecule has 3 N–H and O–H groups in total. The van der Waals surface area contributed by atoms with Crippen LogP contribution in [-0.4, -0.2) is 22.8 Å². The zero-order chi connectivity index (χ0) is 7.68. The molecule has 6 heteroatoms. The van der Waals surface area contributed by atoms with E-state index in [1.807, 2.05) is 6.07 Å². The second-order valence-corrected chi connectivity index (χ2v) is 2.76. The third kappa shape index (κ3) is 2.57. The van der Waals surface area contributed by atoms with E-state index in [-0.39, 0.29) is 37.0 Å². The maximum atomic E-state index is 5.80. The van der Waals surface area contributed by atoms with E-state index in [0.29, 0.717) is 0 Å². The van der Waals surface area contributed by atoms with Crippen LogP contribution >= 0.6 is 24.8 Å². The molecule has 76 valence electrons. The molecule has 1 fully saturated rings. The molecule has 0 aromatic carbocycles. The van der Waals surface area contributed by atoms with Gasteiger partial charge in [0.15, 0.2) is 0 Å². The van der Waals surface area contributed by atoms with Crippen LogP contribution < -0.4 is 5.73 Å². The summed E-state index contributed by atoms with van der Waals surface area (Å²) in [6.45, 7) is 0.755. The van der Waals surface area contributed by atoms with E-state index in [0.717, 1.165) is 18.7 Å². The number of hydrogen-bond acceptors (Lipinski definition) is 3. The highest BCUT2D eigenvalue weighted by Gasteiger charge is 2.26. The highest BCUT2D eigenvalue weighted by atomic mass is 35.5. The summed E-state index contributed by atoms with van der Waals surface area (Å²) < 4.78 is 5.41. The number of aromatic nitrogens is 2. The number of nitrogens with zero attached hydrogens (tertiary/aromatic N) is 1. The number of H-pyrrole nitrogens is 1. The van der Waals surface area contributed by atoms with Crippen molar-refractivity contribution >= 4 is 24.8 Å². The van der Waals surface area contributed by atoms with Gasteiger partial charge in [-0.15, -0.1) is 24.8 Å². The van der Waals surface area contributed by atoms with Crippen molar-refractivity contribution in [3.63, 3.8) is 0 Å². The van der Waals surface area contributed by atoms with E-state index < -0.39 is 0 Å². The lowest BCUT2D eigenvalue weighted by Crippen LogP contribution is -2.23. The van der Waals surface area contributed by atoms with Gasteiger partial charge in [-0.05, 0) is 12.5 Å². The molecule has 2 heterocycles. The van der Waals surface area contributed by atoms with Gasteiger partial charge in [-0.1, -0.05) is 0 Å². The average Bonchev–Trinajstić information content (AvgIpc) is 2.55. The maximum absolute atomic E-state index is 5.80. The minimum atomic E-state index is 0. The molecule has 0 saturated carbocycles. The second-order valence-electron chi connectivity index (χ2n) is 2.76. The van der Waals surface area contributed by atoms with Crippen LogP contribution in [-0.2, 0) is 4.74 Å². The van der Waals surface area contributed by atoms with E-state index in [1.54, 1.807) is 6.20 Å². The summed E-state index contributed by atoms with van der Waals surface area (Å²) in [5.41, 5.74) is 6.78. The number of nitrogens with two attached hydrogens (primary N) is 1. The number of halogens is 2. The molecule has 0 radical (unpaired) electrons. The van der Waals surface area contributed by atoms with E-state index in [2.05, 4.69) is 10.2 Å². The van der Waals surface area contributed by atoms with Gasteiger partial charge < -0.3 is 10.5 Å². The van der Waals surface area contributed by atoms with Crippen LogP contribution in [0.5, 0.6) is 0 Å². The molecule has 0 spiro atoms. The van der Waals surface area contributed by atoms with Crippen LogP contribution in [0.1, 0.15) is 18.2 Å². The first kappa shape index (κ1) is 12.7. The first-order chi connectivity index (χ1) is 5.38. The summed E-state index contributed by atoms with van der Waals surface area (Å²) in [6.07, 6.45) is 2.67. The fraction of sp³-hybridized carbons (Fsp3) is 0.571. The third-order valence-electron chi connectivity index (χ3n) is 1.97. The van der Waals surface area contributed by atoms with Crippen molar-refractivity contribution in [3.8, 4) is 0 Å². The number of nitrogens with one attached hydrogen (secondary N) is 1. The lowest BCUT2D eigenvalue weighted by Gasteiger charge is -2.11. The van der Waals surface area contributed by atoms with Gasteiger partial charge in [0.1, 0.15) is 6.10 Å². The summed E-state index contributed by atoms with van der Waals surface area (Å²) in [4.78, 5) is 0. The largest absolute Gasteiger partial charge is 0.370 e. The SMILES string of the molecule is Cl.Cl.NC1CCOC1c1ccn[nH]1. The van der Waals surface area contributed by atoms with Gasteiger partial charge in [0.2, 0.25) is 0 Å².